The van der Waals surface area contributed by atoms with Crippen LogP contribution in [0.5, 0.6) is 11.5 Å². The lowest BCUT2D eigenvalue weighted by molar-refractivity contribution is 0.140. The predicted octanol–water partition coefficient (Wildman–Crippen LogP) is 2.21. The van der Waals surface area contributed by atoms with Crippen LogP contribution in [0.25, 0.3) is 0 Å². The molecular weight excluding hydrogens is 274 g/mol. The molecule has 90 valence electrons. The smallest absolute Gasteiger partial charge is 0.175 e. The first-order valence-corrected chi connectivity index (χ1v) is 5.66. The van der Waals surface area contributed by atoms with Crippen molar-refractivity contribution in [2.75, 3.05) is 20.8 Å². The standard InChI is InChI=1S/C11H16BrNO3/c1-7-6-9(12)11(15-3)10(14-2)8(7)4-5-16-13/h6H,4-5,13H2,1-3H3. The summed E-state index contributed by atoms with van der Waals surface area (Å²) < 4.78 is 11.6. The molecule has 0 saturated carbocycles. The number of methoxy groups -OCH3 is 2. The molecule has 2 N–H and O–H groups in total. The Balaban J connectivity index is 3.22. The summed E-state index contributed by atoms with van der Waals surface area (Å²) in [6.07, 6.45) is 0.690. The molecule has 5 heteroatoms. The van der Waals surface area contributed by atoms with Crippen molar-refractivity contribution in [1.29, 1.82) is 0 Å². The fraction of sp³-hybridized carbons (Fsp3) is 0.455. The lowest BCUT2D eigenvalue weighted by Crippen LogP contribution is -2.07. The summed E-state index contributed by atoms with van der Waals surface area (Å²) in [4.78, 5) is 4.60. The van der Waals surface area contributed by atoms with Gasteiger partial charge in [0.15, 0.2) is 11.5 Å². The molecule has 0 saturated heterocycles. The second-order valence-electron chi connectivity index (χ2n) is 3.34. The Kier molecular flexibility index (Phi) is 5.05. The monoisotopic (exact) mass is 289 g/mol. The molecule has 0 atom stereocenters. The first-order chi connectivity index (χ1) is 7.65. The molecule has 0 aliphatic heterocycles. The van der Waals surface area contributed by atoms with Crippen LogP contribution in [-0.4, -0.2) is 20.8 Å². The van der Waals surface area contributed by atoms with Gasteiger partial charge in [0.2, 0.25) is 0 Å². The summed E-state index contributed by atoms with van der Waals surface area (Å²) in [5.74, 6) is 6.46. The molecule has 0 spiro atoms. The van der Waals surface area contributed by atoms with Gasteiger partial charge in [0, 0.05) is 12.0 Å². The molecule has 0 radical (unpaired) electrons. The van der Waals surface area contributed by atoms with Crippen LogP contribution in [0.15, 0.2) is 10.5 Å². The number of rotatable bonds is 5. The third kappa shape index (κ3) is 2.66. The number of hydrogen-bond donors (Lipinski definition) is 1. The highest BCUT2D eigenvalue weighted by Crippen LogP contribution is 2.40. The zero-order valence-electron chi connectivity index (χ0n) is 9.67. The van der Waals surface area contributed by atoms with E-state index in [0.717, 1.165) is 21.3 Å². The molecule has 16 heavy (non-hydrogen) atoms. The minimum absolute atomic E-state index is 0.446. The Morgan fingerprint density at radius 3 is 2.38 bits per heavy atom. The molecule has 0 unspecified atom stereocenters. The highest BCUT2D eigenvalue weighted by atomic mass is 79.9. The van der Waals surface area contributed by atoms with Crippen molar-refractivity contribution in [1.82, 2.24) is 0 Å². The van der Waals surface area contributed by atoms with Crippen molar-refractivity contribution in [2.24, 2.45) is 5.90 Å². The third-order valence-corrected chi connectivity index (χ3v) is 2.98. The summed E-state index contributed by atoms with van der Waals surface area (Å²) in [7, 11) is 3.23. The van der Waals surface area contributed by atoms with Crippen LogP contribution in [0.4, 0.5) is 0 Å². The van der Waals surface area contributed by atoms with Crippen molar-refractivity contribution in [3.8, 4) is 11.5 Å². The maximum absolute atomic E-state index is 5.37. The number of nitrogens with two attached hydrogens (primary N) is 1. The maximum Gasteiger partial charge on any atom is 0.175 e. The lowest BCUT2D eigenvalue weighted by atomic mass is 10.0. The SMILES string of the molecule is COc1c(Br)cc(C)c(CCON)c1OC. The first-order valence-electron chi connectivity index (χ1n) is 4.87. The first kappa shape index (κ1) is 13.3. The van der Waals surface area contributed by atoms with Crippen molar-refractivity contribution in [2.45, 2.75) is 13.3 Å². The number of halogens is 1. The second-order valence-corrected chi connectivity index (χ2v) is 4.20. The molecule has 0 fully saturated rings. The van der Waals surface area contributed by atoms with Gasteiger partial charge in [0.25, 0.3) is 0 Å². The Morgan fingerprint density at radius 2 is 1.88 bits per heavy atom. The third-order valence-electron chi connectivity index (χ3n) is 2.39. The Hall–Kier alpha value is -0.780. The van der Waals surface area contributed by atoms with E-state index in [-0.39, 0.29) is 0 Å². The van der Waals surface area contributed by atoms with Crippen LogP contribution in [0, 0.1) is 6.92 Å². The van der Waals surface area contributed by atoms with Crippen LogP contribution in [0.1, 0.15) is 11.1 Å². The fourth-order valence-electron chi connectivity index (χ4n) is 1.65. The van der Waals surface area contributed by atoms with Gasteiger partial charge in [-0.3, -0.25) is 0 Å². The van der Waals surface area contributed by atoms with E-state index >= 15 is 0 Å². The van der Waals surface area contributed by atoms with E-state index in [4.69, 9.17) is 15.4 Å². The largest absolute Gasteiger partial charge is 0.493 e. The van der Waals surface area contributed by atoms with Crippen molar-refractivity contribution >= 4 is 15.9 Å². The molecule has 0 aliphatic rings. The summed E-state index contributed by atoms with van der Waals surface area (Å²) in [6, 6.07) is 1.99. The van der Waals surface area contributed by atoms with Crippen LogP contribution < -0.4 is 15.4 Å². The van der Waals surface area contributed by atoms with Gasteiger partial charge in [0.05, 0.1) is 25.3 Å². The summed E-state index contributed by atoms with van der Waals surface area (Å²) in [6.45, 7) is 2.46. The summed E-state index contributed by atoms with van der Waals surface area (Å²) in [5, 5.41) is 0. The minimum atomic E-state index is 0.446. The highest BCUT2D eigenvalue weighted by Gasteiger charge is 2.16. The molecule has 0 aromatic heterocycles. The molecule has 0 heterocycles. The van der Waals surface area contributed by atoms with Crippen LogP contribution in [0.3, 0.4) is 0 Å². The van der Waals surface area contributed by atoms with Crippen LogP contribution in [-0.2, 0) is 11.3 Å². The lowest BCUT2D eigenvalue weighted by Gasteiger charge is -2.16. The van der Waals surface area contributed by atoms with Crippen molar-refractivity contribution in [3.05, 3.63) is 21.7 Å². The number of aryl methyl sites for hydroxylation is 1. The molecule has 1 rings (SSSR count). The van der Waals surface area contributed by atoms with E-state index < -0.39 is 0 Å². The maximum atomic E-state index is 5.37. The van der Waals surface area contributed by atoms with Gasteiger partial charge in [-0.05, 0) is 34.5 Å². The van der Waals surface area contributed by atoms with Gasteiger partial charge in [0.1, 0.15) is 0 Å². The van der Waals surface area contributed by atoms with Crippen LogP contribution in [0.2, 0.25) is 0 Å². The van der Waals surface area contributed by atoms with Gasteiger partial charge in [-0.25, -0.2) is 5.90 Å². The zero-order chi connectivity index (χ0) is 12.1. The predicted molar refractivity (Wildman–Crippen MR) is 65.8 cm³/mol. The highest BCUT2D eigenvalue weighted by molar-refractivity contribution is 9.10. The Morgan fingerprint density at radius 1 is 1.25 bits per heavy atom. The van der Waals surface area contributed by atoms with Gasteiger partial charge >= 0.3 is 0 Å². The topological polar surface area (TPSA) is 53.7 Å². The number of hydrogen-bond acceptors (Lipinski definition) is 4. The average Bonchev–Trinajstić information content (AvgIpc) is 2.27. The van der Waals surface area contributed by atoms with E-state index in [1.165, 1.54) is 0 Å². The molecule has 1 aromatic carbocycles. The minimum Gasteiger partial charge on any atom is -0.493 e. The zero-order valence-corrected chi connectivity index (χ0v) is 11.3. The van der Waals surface area contributed by atoms with Crippen molar-refractivity contribution in [3.63, 3.8) is 0 Å². The Labute approximate surface area is 104 Å². The van der Waals surface area contributed by atoms with E-state index in [2.05, 4.69) is 20.8 Å². The van der Waals surface area contributed by atoms with Gasteiger partial charge in [-0.2, -0.15) is 0 Å². The number of benzene rings is 1. The van der Waals surface area contributed by atoms with E-state index in [9.17, 15) is 0 Å². The average molecular weight is 290 g/mol. The van der Waals surface area contributed by atoms with Gasteiger partial charge in [-0.1, -0.05) is 0 Å². The summed E-state index contributed by atoms with van der Waals surface area (Å²) in [5.41, 5.74) is 2.16. The molecule has 1 aromatic rings. The molecule has 0 amide bonds. The Bertz CT molecular complexity index is 369. The number of ether oxygens (including phenoxy) is 2. The van der Waals surface area contributed by atoms with Crippen molar-refractivity contribution < 1.29 is 14.3 Å². The summed E-state index contributed by atoms with van der Waals surface area (Å²) >= 11 is 3.44. The molecule has 0 aliphatic carbocycles. The molecule has 0 bridgehead atoms. The van der Waals surface area contributed by atoms with Gasteiger partial charge < -0.3 is 14.3 Å². The second kappa shape index (κ2) is 6.08. The van der Waals surface area contributed by atoms with E-state index in [1.54, 1.807) is 14.2 Å². The fourth-order valence-corrected chi connectivity index (χ4v) is 2.33. The molecule has 4 nitrogen and oxygen atoms in total. The quantitative estimate of drug-likeness (QED) is 0.845. The molecular formula is C11H16BrNO3. The van der Waals surface area contributed by atoms with E-state index in [0.29, 0.717) is 18.8 Å². The van der Waals surface area contributed by atoms with E-state index in [1.807, 2.05) is 13.0 Å². The normalized spacial score (nSPS) is 10.3. The van der Waals surface area contributed by atoms with Gasteiger partial charge in [-0.15, -0.1) is 0 Å². The van der Waals surface area contributed by atoms with Crippen LogP contribution >= 0.6 is 15.9 Å².